The number of ether oxygens (including phenoxy) is 3. The van der Waals surface area contributed by atoms with Crippen molar-refractivity contribution < 1.29 is 19.0 Å². The fraction of sp³-hybridized carbons (Fsp3) is 0.615. The van der Waals surface area contributed by atoms with E-state index < -0.39 is 5.97 Å². The van der Waals surface area contributed by atoms with Gasteiger partial charge in [0.1, 0.15) is 22.1 Å². The second-order valence-corrected chi connectivity index (χ2v) is 6.44. The maximum atomic E-state index is 11.8. The summed E-state index contributed by atoms with van der Waals surface area (Å²) >= 11 is 2.89. The lowest BCUT2D eigenvalue weighted by Crippen LogP contribution is -2.27. The third-order valence-corrected chi connectivity index (χ3v) is 5.76. The molecule has 1 aliphatic rings. The van der Waals surface area contributed by atoms with Crippen LogP contribution in [0.2, 0.25) is 0 Å². The molecule has 0 spiro atoms. The molecule has 0 amide bonds. The minimum Gasteiger partial charge on any atom is -0.465 e. The van der Waals surface area contributed by atoms with E-state index in [4.69, 9.17) is 19.9 Å². The van der Waals surface area contributed by atoms with Gasteiger partial charge in [0.25, 0.3) is 0 Å². The molecule has 1 fully saturated rings. The van der Waals surface area contributed by atoms with Gasteiger partial charge in [0.15, 0.2) is 0 Å². The van der Waals surface area contributed by atoms with Crippen LogP contribution in [0.5, 0.6) is 0 Å². The maximum absolute atomic E-state index is 11.8. The number of carbonyl (C=O) groups excluding carboxylic acids is 1. The molecule has 2 unspecified atom stereocenters. The van der Waals surface area contributed by atoms with E-state index in [-0.39, 0.29) is 12.2 Å². The minimum atomic E-state index is -0.398. The van der Waals surface area contributed by atoms with Crippen molar-refractivity contribution in [3.05, 3.63) is 4.88 Å². The normalized spacial score (nSPS) is 21.8. The molecule has 2 atom stereocenters. The van der Waals surface area contributed by atoms with E-state index in [1.165, 1.54) is 30.2 Å². The standard InChI is InChI=1S/C13H20N2O4S2/c1-17-7-5-15(6-8(7)18-2)12-10(20-4)9(14)11(21-12)13(16)19-3/h7-8H,5-6,14H2,1-4H3. The van der Waals surface area contributed by atoms with Crippen molar-refractivity contribution >= 4 is 39.8 Å². The Balaban J connectivity index is 2.34. The van der Waals surface area contributed by atoms with Crippen LogP contribution in [0.4, 0.5) is 10.7 Å². The number of carbonyl (C=O) groups is 1. The average Bonchev–Trinajstić information content (AvgIpc) is 3.06. The second-order valence-electron chi connectivity index (χ2n) is 4.63. The Morgan fingerprint density at radius 3 is 2.29 bits per heavy atom. The maximum Gasteiger partial charge on any atom is 0.350 e. The topological polar surface area (TPSA) is 74.0 Å². The summed E-state index contributed by atoms with van der Waals surface area (Å²) in [6.07, 6.45) is 1.96. The van der Waals surface area contributed by atoms with E-state index in [0.717, 1.165) is 9.90 Å². The Morgan fingerprint density at radius 2 is 1.86 bits per heavy atom. The summed E-state index contributed by atoms with van der Waals surface area (Å²) in [6.45, 7) is 1.42. The van der Waals surface area contributed by atoms with E-state index in [0.29, 0.717) is 23.7 Å². The van der Waals surface area contributed by atoms with Crippen molar-refractivity contribution in [1.82, 2.24) is 0 Å². The van der Waals surface area contributed by atoms with Crippen LogP contribution in [0.3, 0.4) is 0 Å². The van der Waals surface area contributed by atoms with E-state index in [2.05, 4.69) is 4.90 Å². The van der Waals surface area contributed by atoms with Crippen molar-refractivity contribution in [3.63, 3.8) is 0 Å². The van der Waals surface area contributed by atoms with Crippen LogP contribution in [-0.2, 0) is 14.2 Å². The zero-order valence-corrected chi connectivity index (χ0v) is 14.2. The van der Waals surface area contributed by atoms with Gasteiger partial charge >= 0.3 is 5.97 Å². The van der Waals surface area contributed by atoms with Crippen LogP contribution in [-0.4, -0.2) is 58.9 Å². The third kappa shape index (κ3) is 2.98. The van der Waals surface area contributed by atoms with Gasteiger partial charge in [-0.25, -0.2) is 4.79 Å². The summed E-state index contributed by atoms with van der Waals surface area (Å²) in [4.78, 5) is 15.3. The molecule has 0 bridgehead atoms. The highest BCUT2D eigenvalue weighted by atomic mass is 32.2. The monoisotopic (exact) mass is 332 g/mol. The van der Waals surface area contributed by atoms with Crippen LogP contribution < -0.4 is 10.6 Å². The number of rotatable bonds is 5. The van der Waals surface area contributed by atoms with E-state index in [9.17, 15) is 4.79 Å². The number of thiophene rings is 1. The molecular formula is C13H20N2O4S2. The summed E-state index contributed by atoms with van der Waals surface area (Å²) < 4.78 is 15.7. The van der Waals surface area contributed by atoms with Crippen LogP contribution >= 0.6 is 23.1 Å². The summed E-state index contributed by atoms with van der Waals surface area (Å²) in [5, 5.41) is 0.974. The lowest BCUT2D eigenvalue weighted by atomic mass is 10.3. The molecule has 6 nitrogen and oxygen atoms in total. The molecule has 0 radical (unpaired) electrons. The number of anilines is 2. The molecular weight excluding hydrogens is 312 g/mol. The lowest BCUT2D eigenvalue weighted by Gasteiger charge is -2.17. The summed E-state index contributed by atoms with van der Waals surface area (Å²) in [7, 11) is 4.72. The van der Waals surface area contributed by atoms with Crippen LogP contribution in [0.15, 0.2) is 4.90 Å². The van der Waals surface area contributed by atoms with Gasteiger partial charge in [-0.3, -0.25) is 0 Å². The molecule has 8 heteroatoms. The van der Waals surface area contributed by atoms with Crippen LogP contribution in [0.25, 0.3) is 0 Å². The average molecular weight is 332 g/mol. The fourth-order valence-electron chi connectivity index (χ4n) is 2.43. The molecule has 2 N–H and O–H groups in total. The first-order chi connectivity index (χ1) is 10.1. The molecule has 0 saturated carbocycles. The summed E-state index contributed by atoms with van der Waals surface area (Å²) in [5.74, 6) is -0.398. The molecule has 2 rings (SSSR count). The van der Waals surface area contributed by atoms with Crippen molar-refractivity contribution in [2.75, 3.05) is 51.3 Å². The molecule has 1 aliphatic heterocycles. The molecule has 1 saturated heterocycles. The second kappa shape index (κ2) is 6.87. The van der Waals surface area contributed by atoms with Crippen molar-refractivity contribution in [1.29, 1.82) is 0 Å². The fourth-order valence-corrected chi connectivity index (χ4v) is 4.55. The number of nitrogens with two attached hydrogens (primary N) is 1. The lowest BCUT2D eigenvalue weighted by molar-refractivity contribution is -0.00461. The van der Waals surface area contributed by atoms with Crippen molar-refractivity contribution in [3.8, 4) is 0 Å². The van der Waals surface area contributed by atoms with Gasteiger partial charge in [-0.05, 0) is 6.26 Å². The molecule has 0 aromatic carbocycles. The molecule has 118 valence electrons. The number of methoxy groups -OCH3 is 3. The number of esters is 1. The highest BCUT2D eigenvalue weighted by Gasteiger charge is 2.36. The van der Waals surface area contributed by atoms with Gasteiger partial charge < -0.3 is 24.8 Å². The Morgan fingerprint density at radius 1 is 1.29 bits per heavy atom. The van der Waals surface area contributed by atoms with Crippen molar-refractivity contribution in [2.24, 2.45) is 0 Å². The van der Waals surface area contributed by atoms with E-state index in [1.807, 2.05) is 6.26 Å². The van der Waals surface area contributed by atoms with Gasteiger partial charge in [-0.15, -0.1) is 23.1 Å². The van der Waals surface area contributed by atoms with Gasteiger partial charge in [0, 0.05) is 27.3 Å². The minimum absolute atomic E-state index is 0.00890. The van der Waals surface area contributed by atoms with Gasteiger partial charge in [0.2, 0.25) is 0 Å². The van der Waals surface area contributed by atoms with E-state index >= 15 is 0 Å². The molecule has 21 heavy (non-hydrogen) atoms. The first kappa shape index (κ1) is 16.4. The first-order valence-electron chi connectivity index (χ1n) is 6.42. The van der Waals surface area contributed by atoms with Gasteiger partial charge in [-0.1, -0.05) is 0 Å². The zero-order chi connectivity index (χ0) is 15.6. The first-order valence-corrected chi connectivity index (χ1v) is 8.46. The molecule has 1 aromatic heterocycles. The predicted molar refractivity (Wildman–Crippen MR) is 85.7 cm³/mol. The summed E-state index contributed by atoms with van der Waals surface area (Å²) in [5.41, 5.74) is 6.58. The number of hydrogen-bond acceptors (Lipinski definition) is 8. The van der Waals surface area contributed by atoms with Gasteiger partial charge in [0.05, 0.1) is 17.7 Å². The Bertz CT molecular complexity index is 509. The highest BCUT2D eigenvalue weighted by molar-refractivity contribution is 7.99. The van der Waals surface area contributed by atoms with E-state index in [1.54, 1.807) is 14.2 Å². The smallest absolute Gasteiger partial charge is 0.350 e. The quantitative estimate of drug-likeness (QED) is 0.649. The van der Waals surface area contributed by atoms with Crippen LogP contribution in [0.1, 0.15) is 9.67 Å². The SMILES string of the molecule is COC(=O)c1sc(N2CC(OC)C(OC)C2)c(SC)c1N. The zero-order valence-electron chi connectivity index (χ0n) is 12.5. The Kier molecular flexibility index (Phi) is 5.37. The number of nitrogens with zero attached hydrogens (tertiary/aromatic N) is 1. The van der Waals surface area contributed by atoms with Crippen LogP contribution in [0, 0.1) is 0 Å². The predicted octanol–water partition coefficient (Wildman–Crippen LogP) is 1.69. The Labute approximate surface area is 132 Å². The number of hydrogen-bond donors (Lipinski definition) is 1. The Hall–Kier alpha value is -0.960. The molecule has 1 aromatic rings. The molecule has 0 aliphatic carbocycles. The highest BCUT2D eigenvalue weighted by Crippen LogP contribution is 2.45. The molecule has 2 heterocycles. The van der Waals surface area contributed by atoms with Gasteiger partial charge in [-0.2, -0.15) is 0 Å². The largest absolute Gasteiger partial charge is 0.465 e. The third-order valence-electron chi connectivity index (χ3n) is 3.57. The number of thioether (sulfide) groups is 1. The summed E-state index contributed by atoms with van der Waals surface area (Å²) in [6, 6.07) is 0. The van der Waals surface area contributed by atoms with Crippen molar-refractivity contribution in [2.45, 2.75) is 17.1 Å². The number of nitrogen functional groups attached to an aromatic ring is 1.